The van der Waals surface area contributed by atoms with Crippen LogP contribution in [0.25, 0.3) is 0 Å². The summed E-state index contributed by atoms with van der Waals surface area (Å²) < 4.78 is 0. The third-order valence-electron chi connectivity index (χ3n) is 7.95. The third kappa shape index (κ3) is 3.41. The van der Waals surface area contributed by atoms with Gasteiger partial charge in [0.25, 0.3) is 0 Å². The molecule has 158 valence electrons. The second-order valence-corrected chi connectivity index (χ2v) is 9.62. The number of hydrogen-bond acceptors (Lipinski definition) is 3. The van der Waals surface area contributed by atoms with Gasteiger partial charge in [-0.15, -0.1) is 0 Å². The van der Waals surface area contributed by atoms with Crippen LogP contribution in [-0.4, -0.2) is 41.7 Å². The average molecular weight is 405 g/mol. The summed E-state index contributed by atoms with van der Waals surface area (Å²) in [7, 11) is 0. The van der Waals surface area contributed by atoms with Crippen LogP contribution in [0.15, 0.2) is 48.5 Å². The summed E-state index contributed by atoms with van der Waals surface area (Å²) in [6, 6.07) is 17.7. The summed E-state index contributed by atoms with van der Waals surface area (Å²) in [6.07, 6.45) is 7.57. The molecule has 0 bridgehead atoms. The minimum Gasteiger partial charge on any atom is -0.478 e. The van der Waals surface area contributed by atoms with E-state index in [2.05, 4.69) is 41.0 Å². The number of rotatable bonds is 4. The minimum absolute atomic E-state index is 0.429. The highest BCUT2D eigenvalue weighted by Gasteiger charge is 2.49. The number of aromatic carboxylic acids is 1. The smallest absolute Gasteiger partial charge is 0.337 e. The summed E-state index contributed by atoms with van der Waals surface area (Å²) >= 11 is 0. The van der Waals surface area contributed by atoms with E-state index in [1.54, 1.807) is 6.07 Å². The Hall–Kier alpha value is -2.33. The number of piperidine rings is 1. The van der Waals surface area contributed by atoms with Gasteiger partial charge in [0.2, 0.25) is 0 Å². The lowest BCUT2D eigenvalue weighted by molar-refractivity contribution is -0.0227. The Morgan fingerprint density at radius 2 is 1.70 bits per heavy atom. The van der Waals surface area contributed by atoms with E-state index in [-0.39, 0.29) is 0 Å². The van der Waals surface area contributed by atoms with E-state index < -0.39 is 5.97 Å². The van der Waals surface area contributed by atoms with E-state index in [1.807, 2.05) is 18.2 Å². The number of aryl methyl sites for hydroxylation is 1. The Morgan fingerprint density at radius 1 is 1.00 bits per heavy atom. The first-order chi connectivity index (χ1) is 14.6. The largest absolute Gasteiger partial charge is 0.478 e. The first-order valence-corrected chi connectivity index (χ1v) is 11.4. The molecule has 2 heterocycles. The topological polar surface area (TPSA) is 43.8 Å². The zero-order valence-electron chi connectivity index (χ0n) is 17.9. The highest BCUT2D eigenvalue weighted by Crippen LogP contribution is 2.54. The number of carboxylic acid groups (broad SMARTS) is 1. The van der Waals surface area contributed by atoms with Gasteiger partial charge in [0.1, 0.15) is 0 Å². The maximum Gasteiger partial charge on any atom is 0.337 e. The van der Waals surface area contributed by atoms with Gasteiger partial charge in [0.05, 0.1) is 11.3 Å². The van der Waals surface area contributed by atoms with Crippen molar-refractivity contribution in [2.45, 2.75) is 57.5 Å². The van der Waals surface area contributed by atoms with Crippen molar-refractivity contribution in [2.24, 2.45) is 5.41 Å². The van der Waals surface area contributed by atoms with Crippen molar-refractivity contribution in [3.8, 4) is 0 Å². The van der Waals surface area contributed by atoms with Crippen molar-refractivity contribution >= 4 is 11.7 Å². The van der Waals surface area contributed by atoms with Gasteiger partial charge in [-0.05, 0) is 80.7 Å². The van der Waals surface area contributed by atoms with Gasteiger partial charge in [0, 0.05) is 25.2 Å². The standard InChI is InChI=1S/C26H32N2O2/c1-19-7-2-3-8-21(19)24-11-6-14-28(24)20-17-26(18-20)12-15-27(16-13-26)23-10-5-4-9-22(23)25(29)30/h2-5,7-10,20,24H,6,11-18H2,1H3,(H,29,30)/t24-/m0/s1. The van der Waals surface area contributed by atoms with E-state index in [9.17, 15) is 9.90 Å². The molecule has 3 fully saturated rings. The highest BCUT2D eigenvalue weighted by molar-refractivity contribution is 5.94. The fourth-order valence-electron chi connectivity index (χ4n) is 6.26. The maximum atomic E-state index is 11.6. The van der Waals surface area contributed by atoms with Crippen molar-refractivity contribution in [1.29, 1.82) is 0 Å². The minimum atomic E-state index is -0.828. The van der Waals surface area contributed by atoms with Crippen LogP contribution in [0.5, 0.6) is 0 Å². The quantitative estimate of drug-likeness (QED) is 0.753. The predicted octanol–water partition coefficient (Wildman–Crippen LogP) is 5.28. The van der Waals surface area contributed by atoms with Crippen LogP contribution < -0.4 is 4.90 Å². The number of para-hydroxylation sites is 1. The Bertz CT molecular complexity index is 924. The maximum absolute atomic E-state index is 11.6. The molecule has 4 heteroatoms. The van der Waals surface area contributed by atoms with Crippen molar-refractivity contribution in [3.05, 3.63) is 65.2 Å². The number of hydrogen-bond donors (Lipinski definition) is 1. The van der Waals surface area contributed by atoms with E-state index in [1.165, 1.54) is 56.2 Å². The van der Waals surface area contributed by atoms with Crippen LogP contribution >= 0.6 is 0 Å². The molecule has 1 spiro atoms. The molecule has 0 unspecified atom stereocenters. The van der Waals surface area contributed by atoms with Crippen molar-refractivity contribution < 1.29 is 9.90 Å². The fraction of sp³-hybridized carbons (Fsp3) is 0.500. The third-order valence-corrected chi connectivity index (χ3v) is 7.95. The first kappa shape index (κ1) is 19.6. The van der Waals surface area contributed by atoms with Gasteiger partial charge in [-0.3, -0.25) is 4.90 Å². The Kier molecular flexibility index (Phi) is 5.06. The molecule has 1 N–H and O–H groups in total. The van der Waals surface area contributed by atoms with Gasteiger partial charge in [-0.2, -0.15) is 0 Å². The zero-order chi connectivity index (χ0) is 20.7. The van der Waals surface area contributed by atoms with Crippen molar-refractivity contribution in [2.75, 3.05) is 24.5 Å². The average Bonchev–Trinajstić information content (AvgIpc) is 3.21. The molecule has 2 aromatic carbocycles. The Labute approximate surface area is 179 Å². The highest BCUT2D eigenvalue weighted by atomic mass is 16.4. The van der Waals surface area contributed by atoms with E-state index in [0.29, 0.717) is 17.0 Å². The number of carbonyl (C=O) groups is 1. The number of nitrogens with zero attached hydrogens (tertiary/aromatic N) is 2. The van der Waals surface area contributed by atoms with Gasteiger partial charge in [-0.1, -0.05) is 36.4 Å². The molecule has 2 aromatic rings. The van der Waals surface area contributed by atoms with E-state index in [0.717, 1.165) is 24.8 Å². The van der Waals surface area contributed by atoms with Crippen LogP contribution in [-0.2, 0) is 0 Å². The summed E-state index contributed by atoms with van der Waals surface area (Å²) in [5, 5.41) is 9.52. The Balaban J connectivity index is 1.23. The van der Waals surface area contributed by atoms with Crippen LogP contribution in [0.2, 0.25) is 0 Å². The molecule has 2 aliphatic heterocycles. The Morgan fingerprint density at radius 3 is 2.43 bits per heavy atom. The number of carboxylic acids is 1. The van der Waals surface area contributed by atoms with Crippen molar-refractivity contribution in [3.63, 3.8) is 0 Å². The molecule has 1 aliphatic carbocycles. The zero-order valence-corrected chi connectivity index (χ0v) is 17.9. The van der Waals surface area contributed by atoms with Crippen LogP contribution in [0.4, 0.5) is 5.69 Å². The second kappa shape index (κ2) is 7.73. The molecule has 0 radical (unpaired) electrons. The SMILES string of the molecule is Cc1ccccc1[C@@H]1CCCN1C1CC2(CCN(c3ccccc3C(=O)O)CC2)C1. The molecular weight excluding hydrogens is 372 g/mol. The molecule has 4 nitrogen and oxygen atoms in total. The second-order valence-electron chi connectivity index (χ2n) is 9.62. The van der Waals surface area contributed by atoms with E-state index >= 15 is 0 Å². The number of likely N-dealkylation sites (tertiary alicyclic amines) is 1. The lowest BCUT2D eigenvalue weighted by Gasteiger charge is -2.56. The summed E-state index contributed by atoms with van der Waals surface area (Å²) in [5.41, 5.74) is 4.73. The van der Waals surface area contributed by atoms with Crippen LogP contribution in [0, 0.1) is 12.3 Å². The van der Waals surface area contributed by atoms with Gasteiger partial charge < -0.3 is 10.0 Å². The normalized spacial score (nSPS) is 24.2. The molecule has 2 saturated heterocycles. The number of benzene rings is 2. The number of anilines is 1. The first-order valence-electron chi connectivity index (χ1n) is 11.4. The van der Waals surface area contributed by atoms with Crippen molar-refractivity contribution in [1.82, 2.24) is 4.90 Å². The predicted molar refractivity (Wildman–Crippen MR) is 120 cm³/mol. The fourth-order valence-corrected chi connectivity index (χ4v) is 6.26. The molecule has 0 amide bonds. The monoisotopic (exact) mass is 404 g/mol. The lowest BCUT2D eigenvalue weighted by Crippen LogP contribution is -2.55. The van der Waals surface area contributed by atoms with Crippen LogP contribution in [0.3, 0.4) is 0 Å². The molecule has 1 atom stereocenters. The summed E-state index contributed by atoms with van der Waals surface area (Å²) in [6.45, 7) is 5.42. The van der Waals surface area contributed by atoms with Gasteiger partial charge >= 0.3 is 5.97 Å². The van der Waals surface area contributed by atoms with Gasteiger partial charge in [-0.25, -0.2) is 4.79 Å². The lowest BCUT2D eigenvalue weighted by atomic mass is 9.59. The molecule has 3 aliphatic rings. The van der Waals surface area contributed by atoms with Crippen LogP contribution in [0.1, 0.15) is 66.1 Å². The molecule has 1 saturated carbocycles. The molecule has 0 aromatic heterocycles. The molecule has 30 heavy (non-hydrogen) atoms. The summed E-state index contributed by atoms with van der Waals surface area (Å²) in [4.78, 5) is 16.7. The molecular formula is C26H32N2O2. The summed E-state index contributed by atoms with van der Waals surface area (Å²) in [5.74, 6) is -0.828. The van der Waals surface area contributed by atoms with Gasteiger partial charge in [0.15, 0.2) is 0 Å². The van der Waals surface area contributed by atoms with E-state index in [4.69, 9.17) is 0 Å². The molecule has 5 rings (SSSR count).